The van der Waals surface area contributed by atoms with Gasteiger partial charge in [-0.3, -0.25) is 0 Å². The van der Waals surface area contributed by atoms with Crippen molar-refractivity contribution in [3.8, 4) is 17.2 Å². The maximum atomic E-state index is 9.75. The van der Waals surface area contributed by atoms with Gasteiger partial charge in [-0.25, -0.2) is 0 Å². The highest BCUT2D eigenvalue weighted by Crippen LogP contribution is 2.37. The fourth-order valence-electron chi connectivity index (χ4n) is 3.38. The molecule has 3 aromatic carbocycles. The predicted molar refractivity (Wildman–Crippen MR) is 129 cm³/mol. The van der Waals surface area contributed by atoms with E-state index in [4.69, 9.17) is 18.9 Å². The topological polar surface area (TPSA) is 36.9 Å². The van der Waals surface area contributed by atoms with Crippen LogP contribution in [-0.4, -0.2) is 28.6 Å². The number of ether oxygens (including phenoxy) is 4. The van der Waals surface area contributed by atoms with Crippen LogP contribution >= 0.6 is 0 Å². The lowest BCUT2D eigenvalue weighted by Gasteiger charge is -2.25. The van der Waals surface area contributed by atoms with Crippen molar-refractivity contribution >= 4 is 18.6 Å². The van der Waals surface area contributed by atoms with E-state index in [0.717, 1.165) is 45.3 Å². The standard InChI is InChI=1S/C26H24O4.BF4/c1-27-22-10-4-18(5-11-22)21-16-25(19-6-12-23(28-2)13-7-19)30-26(17-21)20-8-14-24(29-3)15-9-20;2-1(3,4)5/h4-17,25H,1-3H3;/q;-1. The third-order valence-corrected chi connectivity index (χ3v) is 5.11. The van der Waals surface area contributed by atoms with Crippen molar-refractivity contribution in [3.05, 3.63) is 102 Å². The van der Waals surface area contributed by atoms with Crippen LogP contribution in [0.5, 0.6) is 17.2 Å². The van der Waals surface area contributed by atoms with Crippen molar-refractivity contribution in [2.75, 3.05) is 21.3 Å². The molecule has 1 aliphatic rings. The molecule has 1 unspecified atom stereocenters. The van der Waals surface area contributed by atoms with Crippen molar-refractivity contribution in [2.24, 2.45) is 0 Å². The van der Waals surface area contributed by atoms with Gasteiger partial charge in [0.25, 0.3) is 0 Å². The van der Waals surface area contributed by atoms with E-state index in [1.54, 1.807) is 21.3 Å². The molecule has 0 saturated carbocycles. The molecule has 1 aliphatic heterocycles. The highest BCUT2D eigenvalue weighted by atomic mass is 19.5. The van der Waals surface area contributed by atoms with Crippen LogP contribution in [0.1, 0.15) is 22.8 Å². The lowest BCUT2D eigenvalue weighted by Crippen LogP contribution is -2.07. The number of hydrogen-bond acceptors (Lipinski definition) is 4. The highest BCUT2D eigenvalue weighted by molar-refractivity contribution is 6.50. The monoisotopic (exact) mass is 487 g/mol. The molecule has 184 valence electrons. The van der Waals surface area contributed by atoms with Crippen LogP contribution in [0.15, 0.2) is 84.9 Å². The predicted octanol–water partition coefficient (Wildman–Crippen LogP) is 7.21. The van der Waals surface area contributed by atoms with E-state index >= 15 is 0 Å². The minimum absolute atomic E-state index is 0.213. The van der Waals surface area contributed by atoms with Crippen molar-refractivity contribution < 1.29 is 36.2 Å². The molecule has 0 bridgehead atoms. The molecular formula is C26H24BF4O4-. The van der Waals surface area contributed by atoms with E-state index < -0.39 is 7.25 Å². The number of allylic oxidation sites excluding steroid dienone is 2. The quantitative estimate of drug-likeness (QED) is 0.272. The fraction of sp³-hybridized carbons (Fsp3) is 0.154. The van der Waals surface area contributed by atoms with Crippen LogP contribution < -0.4 is 14.2 Å². The van der Waals surface area contributed by atoms with Gasteiger partial charge in [-0.15, -0.1) is 0 Å². The maximum Gasteiger partial charge on any atom is 0.673 e. The summed E-state index contributed by atoms with van der Waals surface area (Å²) < 4.78 is 61.3. The van der Waals surface area contributed by atoms with Gasteiger partial charge in [0.1, 0.15) is 29.1 Å². The number of halogens is 4. The van der Waals surface area contributed by atoms with Gasteiger partial charge in [0, 0.05) is 5.56 Å². The number of hydrogen-bond donors (Lipinski definition) is 0. The van der Waals surface area contributed by atoms with Gasteiger partial charge in [0.2, 0.25) is 0 Å². The molecule has 35 heavy (non-hydrogen) atoms. The summed E-state index contributed by atoms with van der Waals surface area (Å²) in [7, 11) is -1.00. The van der Waals surface area contributed by atoms with Gasteiger partial charge < -0.3 is 36.2 Å². The normalized spacial score (nSPS) is 15.0. The van der Waals surface area contributed by atoms with Gasteiger partial charge in [-0.05, 0) is 77.4 Å². The van der Waals surface area contributed by atoms with Gasteiger partial charge in [-0.1, -0.05) is 24.3 Å². The maximum absolute atomic E-state index is 9.75. The SMILES string of the molecule is COc1ccc(C2=CC(c3ccc(OC)cc3)OC(c3ccc(OC)cc3)=C2)cc1.F[B-](F)(F)F. The van der Waals surface area contributed by atoms with Crippen molar-refractivity contribution in [3.63, 3.8) is 0 Å². The number of rotatable bonds is 6. The Bertz CT molecular complexity index is 1150. The third-order valence-electron chi connectivity index (χ3n) is 5.11. The smallest absolute Gasteiger partial charge is 0.497 e. The first kappa shape index (κ1) is 25.7. The Morgan fingerprint density at radius 3 is 1.46 bits per heavy atom. The first-order valence-corrected chi connectivity index (χ1v) is 10.6. The van der Waals surface area contributed by atoms with E-state index in [-0.39, 0.29) is 6.10 Å². The summed E-state index contributed by atoms with van der Waals surface area (Å²) in [6.45, 7) is 0. The molecule has 0 spiro atoms. The molecule has 1 atom stereocenters. The van der Waals surface area contributed by atoms with E-state index in [9.17, 15) is 17.3 Å². The van der Waals surface area contributed by atoms with Crippen molar-refractivity contribution in [1.29, 1.82) is 0 Å². The third kappa shape index (κ3) is 7.56. The summed E-state index contributed by atoms with van der Waals surface area (Å²) >= 11 is 0. The summed E-state index contributed by atoms with van der Waals surface area (Å²) in [5.74, 6) is 3.27. The molecule has 4 rings (SSSR count). The Balaban J connectivity index is 0.000000623. The molecule has 3 aromatic rings. The van der Waals surface area contributed by atoms with Crippen LogP contribution in [0.25, 0.3) is 11.3 Å². The highest BCUT2D eigenvalue weighted by Gasteiger charge is 2.21. The summed E-state index contributed by atoms with van der Waals surface area (Å²) in [6, 6.07) is 23.9. The molecule has 0 N–H and O–H groups in total. The second-order valence-electron chi connectivity index (χ2n) is 7.39. The lowest BCUT2D eigenvalue weighted by atomic mass is 9.96. The Kier molecular flexibility index (Phi) is 8.46. The van der Waals surface area contributed by atoms with Gasteiger partial charge in [0.15, 0.2) is 0 Å². The molecule has 0 saturated heterocycles. The summed E-state index contributed by atoms with van der Waals surface area (Å²) in [4.78, 5) is 0. The Labute approximate surface area is 201 Å². The van der Waals surface area contributed by atoms with Gasteiger partial charge in [-0.2, -0.15) is 0 Å². The second kappa shape index (κ2) is 11.5. The molecular weight excluding hydrogens is 463 g/mol. The second-order valence-corrected chi connectivity index (χ2v) is 7.39. The molecule has 0 amide bonds. The molecule has 1 heterocycles. The molecule has 0 aliphatic carbocycles. The largest absolute Gasteiger partial charge is 0.673 e. The Morgan fingerprint density at radius 1 is 0.629 bits per heavy atom. The lowest BCUT2D eigenvalue weighted by molar-refractivity contribution is 0.213. The van der Waals surface area contributed by atoms with Crippen LogP contribution in [0.2, 0.25) is 0 Å². The average molecular weight is 487 g/mol. The zero-order valence-corrected chi connectivity index (χ0v) is 19.4. The van der Waals surface area contributed by atoms with E-state index in [2.05, 4.69) is 24.3 Å². The summed E-state index contributed by atoms with van der Waals surface area (Å²) in [5, 5.41) is 0. The van der Waals surface area contributed by atoms with Crippen LogP contribution in [0.4, 0.5) is 17.3 Å². The van der Waals surface area contributed by atoms with E-state index in [1.165, 1.54) is 0 Å². The van der Waals surface area contributed by atoms with E-state index in [1.807, 2.05) is 60.7 Å². The summed E-state index contributed by atoms with van der Waals surface area (Å²) in [6.07, 6.45) is 4.00. The van der Waals surface area contributed by atoms with Crippen molar-refractivity contribution in [2.45, 2.75) is 6.10 Å². The first-order valence-electron chi connectivity index (χ1n) is 10.6. The van der Waals surface area contributed by atoms with E-state index in [0.29, 0.717) is 0 Å². The number of methoxy groups -OCH3 is 3. The van der Waals surface area contributed by atoms with Crippen LogP contribution in [0.3, 0.4) is 0 Å². The molecule has 0 fully saturated rings. The number of benzene rings is 3. The molecule has 4 nitrogen and oxygen atoms in total. The first-order chi connectivity index (χ1) is 16.7. The zero-order chi connectivity index (χ0) is 25.4. The van der Waals surface area contributed by atoms with Crippen LogP contribution in [0, 0.1) is 0 Å². The zero-order valence-electron chi connectivity index (χ0n) is 19.4. The minimum atomic E-state index is -6.00. The molecule has 9 heteroatoms. The summed E-state index contributed by atoms with van der Waals surface area (Å²) in [5.41, 5.74) is 4.24. The minimum Gasteiger partial charge on any atom is -0.497 e. The molecule has 0 radical (unpaired) electrons. The molecule has 0 aromatic heterocycles. The van der Waals surface area contributed by atoms with Crippen molar-refractivity contribution in [1.82, 2.24) is 0 Å². The van der Waals surface area contributed by atoms with Crippen LogP contribution in [-0.2, 0) is 4.74 Å². The average Bonchev–Trinajstić information content (AvgIpc) is 2.87. The van der Waals surface area contributed by atoms with Gasteiger partial charge >= 0.3 is 7.25 Å². The van der Waals surface area contributed by atoms with Gasteiger partial charge in [0.05, 0.1) is 21.3 Å². The Morgan fingerprint density at radius 2 is 1.03 bits per heavy atom. The Hall–Kier alpha value is -3.88. The fourth-order valence-corrected chi connectivity index (χ4v) is 3.38.